The third-order valence-corrected chi connectivity index (χ3v) is 4.55. The second-order valence-electron chi connectivity index (χ2n) is 6.73. The van der Waals surface area contributed by atoms with E-state index in [1.165, 1.54) is 18.3 Å². The van der Waals surface area contributed by atoms with Gasteiger partial charge in [-0.25, -0.2) is 14.4 Å². The lowest BCUT2D eigenvalue weighted by atomic mass is 10.2. The molecule has 0 radical (unpaired) electrons. The highest BCUT2D eigenvalue weighted by Crippen LogP contribution is 2.21. The van der Waals surface area contributed by atoms with Crippen LogP contribution in [0.3, 0.4) is 0 Å². The summed E-state index contributed by atoms with van der Waals surface area (Å²) in [5.74, 6) is 0.333. The van der Waals surface area contributed by atoms with Crippen LogP contribution in [0.25, 0.3) is 22.2 Å². The lowest BCUT2D eigenvalue weighted by molar-refractivity contribution is -0.149. The number of rotatable bonds is 6. The maximum atomic E-state index is 13.0. The summed E-state index contributed by atoms with van der Waals surface area (Å²) in [6.45, 7) is 1.64. The second-order valence-corrected chi connectivity index (χ2v) is 6.73. The number of hydrogen-bond acceptors (Lipinski definition) is 6. The highest BCUT2D eigenvalue weighted by Gasteiger charge is 2.16. The van der Waals surface area contributed by atoms with Crippen molar-refractivity contribution in [1.29, 1.82) is 0 Å². The second kappa shape index (κ2) is 8.28. The van der Waals surface area contributed by atoms with Crippen LogP contribution in [0.5, 0.6) is 0 Å². The van der Waals surface area contributed by atoms with Gasteiger partial charge in [0.05, 0.1) is 23.5 Å². The predicted molar refractivity (Wildman–Crippen MR) is 107 cm³/mol. The van der Waals surface area contributed by atoms with Gasteiger partial charge >= 0.3 is 5.97 Å². The third kappa shape index (κ3) is 4.27. The minimum Gasteiger partial charge on any atom is -0.454 e. The Balaban J connectivity index is 1.37. The van der Waals surface area contributed by atoms with Crippen molar-refractivity contribution in [1.82, 2.24) is 15.0 Å². The minimum absolute atomic E-state index is 0.0471. The van der Waals surface area contributed by atoms with Crippen molar-refractivity contribution in [2.45, 2.75) is 25.9 Å². The molecule has 1 atom stereocenters. The molecule has 30 heavy (non-hydrogen) atoms. The zero-order chi connectivity index (χ0) is 21.1. The average molecular weight is 407 g/mol. The van der Waals surface area contributed by atoms with Gasteiger partial charge in [-0.2, -0.15) is 0 Å². The van der Waals surface area contributed by atoms with Gasteiger partial charge in [-0.15, -0.1) is 0 Å². The van der Waals surface area contributed by atoms with Gasteiger partial charge in [0, 0.05) is 12.0 Å². The molecule has 0 aliphatic rings. The van der Waals surface area contributed by atoms with Gasteiger partial charge in [-0.05, 0) is 43.3 Å². The van der Waals surface area contributed by atoms with Crippen LogP contribution in [-0.2, 0) is 16.0 Å². The molecule has 0 amide bonds. The Kier molecular flexibility index (Phi) is 5.38. The van der Waals surface area contributed by atoms with Gasteiger partial charge in [0.15, 0.2) is 23.6 Å². The molecule has 1 N–H and O–H groups in total. The van der Waals surface area contributed by atoms with E-state index in [9.17, 15) is 14.0 Å². The molecule has 7 nitrogen and oxygen atoms in total. The van der Waals surface area contributed by atoms with E-state index in [0.717, 1.165) is 0 Å². The number of carbonyl (C=O) groups excluding carboxylic acids is 1. The lowest BCUT2D eigenvalue weighted by Crippen LogP contribution is -2.17. The number of carbonyl (C=O) groups is 1. The van der Waals surface area contributed by atoms with Crippen LogP contribution in [0.4, 0.5) is 4.39 Å². The van der Waals surface area contributed by atoms with E-state index in [1.807, 2.05) is 0 Å². The highest BCUT2D eigenvalue weighted by molar-refractivity contribution is 5.77. The zero-order valence-electron chi connectivity index (χ0n) is 16.1. The summed E-state index contributed by atoms with van der Waals surface area (Å²) in [6.07, 6.45) is 1.11. The number of hydrogen-bond donors (Lipinski definition) is 1. The van der Waals surface area contributed by atoms with E-state index in [0.29, 0.717) is 28.1 Å². The van der Waals surface area contributed by atoms with Gasteiger partial charge in [0.2, 0.25) is 0 Å². The maximum absolute atomic E-state index is 13.0. The predicted octanol–water partition coefficient (Wildman–Crippen LogP) is 3.95. The van der Waals surface area contributed by atoms with E-state index in [1.54, 1.807) is 43.3 Å². The van der Waals surface area contributed by atoms with Crippen molar-refractivity contribution in [3.63, 3.8) is 0 Å². The van der Waals surface area contributed by atoms with E-state index in [-0.39, 0.29) is 30.0 Å². The number of nitrogens with zero attached hydrogens (tertiary/aromatic N) is 2. The molecular weight excluding hydrogens is 389 g/mol. The SMILES string of the molecule is CC(OC(=O)CCc1ncc(-c2ccc(F)cc2)o1)c1nc2ccccc2c(=O)[nH]1. The Morgan fingerprint density at radius 1 is 1.20 bits per heavy atom. The fraction of sp³-hybridized carbons (Fsp3) is 0.182. The maximum Gasteiger partial charge on any atom is 0.307 e. The molecule has 0 aliphatic heterocycles. The largest absolute Gasteiger partial charge is 0.454 e. The summed E-state index contributed by atoms with van der Waals surface area (Å²) in [7, 11) is 0. The van der Waals surface area contributed by atoms with Gasteiger partial charge in [-0.1, -0.05) is 12.1 Å². The summed E-state index contributed by atoms with van der Waals surface area (Å²) < 4.78 is 24.0. The van der Waals surface area contributed by atoms with E-state index in [2.05, 4.69) is 15.0 Å². The Morgan fingerprint density at radius 2 is 1.97 bits per heavy atom. The quantitative estimate of drug-likeness (QED) is 0.486. The van der Waals surface area contributed by atoms with Crippen molar-refractivity contribution in [2.75, 3.05) is 0 Å². The summed E-state index contributed by atoms with van der Waals surface area (Å²) in [6, 6.07) is 12.8. The fourth-order valence-electron chi connectivity index (χ4n) is 2.99. The molecule has 4 aromatic rings. The average Bonchev–Trinajstić information content (AvgIpc) is 3.22. The van der Waals surface area contributed by atoms with Crippen LogP contribution in [-0.4, -0.2) is 20.9 Å². The van der Waals surface area contributed by atoms with Gasteiger partial charge < -0.3 is 14.1 Å². The first-order chi connectivity index (χ1) is 14.5. The molecule has 1 unspecified atom stereocenters. The van der Waals surface area contributed by atoms with E-state index in [4.69, 9.17) is 9.15 Å². The van der Waals surface area contributed by atoms with E-state index < -0.39 is 12.1 Å². The van der Waals surface area contributed by atoms with Crippen molar-refractivity contribution < 1.29 is 18.3 Å². The molecular formula is C22H18FN3O4. The number of aromatic nitrogens is 3. The summed E-state index contributed by atoms with van der Waals surface area (Å²) in [5, 5.41) is 0.473. The normalized spacial score (nSPS) is 12.1. The molecule has 2 aromatic heterocycles. The van der Waals surface area contributed by atoms with Crippen molar-refractivity contribution in [3.8, 4) is 11.3 Å². The molecule has 2 aromatic carbocycles. The highest BCUT2D eigenvalue weighted by atomic mass is 19.1. The topological polar surface area (TPSA) is 98.1 Å². The number of benzene rings is 2. The van der Waals surface area contributed by atoms with Crippen LogP contribution in [0.15, 0.2) is 63.9 Å². The monoisotopic (exact) mass is 407 g/mol. The van der Waals surface area contributed by atoms with Crippen molar-refractivity contribution >= 4 is 16.9 Å². The van der Waals surface area contributed by atoms with E-state index >= 15 is 0 Å². The number of nitrogens with one attached hydrogen (secondary N) is 1. The molecule has 4 rings (SSSR count). The molecule has 0 saturated heterocycles. The van der Waals surface area contributed by atoms with Gasteiger partial charge in [0.25, 0.3) is 5.56 Å². The Morgan fingerprint density at radius 3 is 2.77 bits per heavy atom. The number of para-hydroxylation sites is 1. The molecule has 2 heterocycles. The van der Waals surface area contributed by atoms with Gasteiger partial charge in [0.1, 0.15) is 5.82 Å². The smallest absolute Gasteiger partial charge is 0.307 e. The first kappa shape index (κ1) is 19.5. The number of fused-ring (bicyclic) bond motifs is 1. The van der Waals surface area contributed by atoms with Crippen molar-refractivity contribution in [3.05, 3.63) is 82.6 Å². The Hall–Kier alpha value is -3.81. The van der Waals surface area contributed by atoms with Crippen LogP contribution in [0.2, 0.25) is 0 Å². The number of H-pyrrole nitrogens is 1. The molecule has 0 saturated carbocycles. The summed E-state index contributed by atoms with van der Waals surface area (Å²) in [5.41, 5.74) is 0.941. The molecule has 0 spiro atoms. The fourth-order valence-corrected chi connectivity index (χ4v) is 2.99. The summed E-state index contributed by atoms with van der Waals surface area (Å²) >= 11 is 0. The number of halogens is 1. The summed E-state index contributed by atoms with van der Waals surface area (Å²) in [4.78, 5) is 35.5. The standard InChI is InChI=1S/C22H18FN3O4/c1-13(21-25-17-5-3-2-4-16(17)22(28)26-21)29-20(27)11-10-19-24-12-18(30-19)14-6-8-15(23)9-7-14/h2-9,12-13H,10-11H2,1H3,(H,25,26,28). The molecule has 0 fully saturated rings. The van der Waals surface area contributed by atoms with Crippen LogP contribution >= 0.6 is 0 Å². The van der Waals surface area contributed by atoms with Crippen molar-refractivity contribution in [2.24, 2.45) is 0 Å². The lowest BCUT2D eigenvalue weighted by Gasteiger charge is -2.12. The number of aryl methyl sites for hydroxylation is 1. The Labute approximate surface area is 170 Å². The zero-order valence-corrected chi connectivity index (χ0v) is 16.1. The third-order valence-electron chi connectivity index (χ3n) is 4.55. The number of esters is 1. The van der Waals surface area contributed by atoms with Gasteiger partial charge in [-0.3, -0.25) is 9.59 Å². The Bertz CT molecular complexity index is 1250. The van der Waals surface area contributed by atoms with Crippen LogP contribution < -0.4 is 5.56 Å². The first-order valence-electron chi connectivity index (χ1n) is 9.38. The van der Waals surface area contributed by atoms with Crippen LogP contribution in [0, 0.1) is 5.82 Å². The number of aromatic amines is 1. The molecule has 0 aliphatic carbocycles. The molecule has 8 heteroatoms. The van der Waals surface area contributed by atoms with Crippen LogP contribution in [0.1, 0.15) is 31.2 Å². The number of ether oxygens (including phenoxy) is 1. The number of oxazole rings is 1. The minimum atomic E-state index is -0.714. The first-order valence-corrected chi connectivity index (χ1v) is 9.38. The molecule has 152 valence electrons. The molecule has 0 bridgehead atoms.